The van der Waals surface area contributed by atoms with Crippen LogP contribution in [0.1, 0.15) is 41.6 Å². The molecule has 0 spiro atoms. The molecule has 3 nitrogen and oxygen atoms in total. The molecule has 1 aromatic rings. The Balaban J connectivity index is 2.09. The van der Waals surface area contributed by atoms with Crippen LogP contribution in [-0.4, -0.2) is 23.2 Å². The van der Waals surface area contributed by atoms with E-state index in [-0.39, 0.29) is 11.9 Å². The first kappa shape index (κ1) is 13.6. The van der Waals surface area contributed by atoms with E-state index in [4.69, 9.17) is 0 Å². The van der Waals surface area contributed by atoms with Gasteiger partial charge in [0, 0.05) is 4.47 Å². The molecule has 0 heterocycles. The molecule has 2 atom stereocenters. The molecule has 98 valence electrons. The number of hydrogen-bond acceptors (Lipinski definition) is 2. The number of rotatable bonds is 2. The van der Waals surface area contributed by atoms with E-state index >= 15 is 0 Å². The van der Waals surface area contributed by atoms with Crippen molar-refractivity contribution >= 4 is 21.8 Å². The predicted molar refractivity (Wildman–Crippen MR) is 74.6 cm³/mol. The number of aliphatic hydroxyl groups excluding tert-OH is 1. The van der Waals surface area contributed by atoms with Crippen LogP contribution in [0.3, 0.4) is 0 Å². The number of halogens is 1. The molecule has 1 aliphatic carbocycles. The number of nitrogens with one attached hydrogen (secondary N) is 1. The highest BCUT2D eigenvalue weighted by molar-refractivity contribution is 9.10. The smallest absolute Gasteiger partial charge is 0.252 e. The summed E-state index contributed by atoms with van der Waals surface area (Å²) in [5.41, 5.74) is 1.68. The van der Waals surface area contributed by atoms with Gasteiger partial charge in [-0.25, -0.2) is 0 Å². The Bertz CT molecular complexity index is 447. The van der Waals surface area contributed by atoms with Crippen molar-refractivity contribution in [1.82, 2.24) is 5.32 Å². The van der Waals surface area contributed by atoms with Crippen LogP contribution in [0, 0.1) is 6.92 Å². The monoisotopic (exact) mass is 311 g/mol. The minimum atomic E-state index is -0.411. The second kappa shape index (κ2) is 5.85. The van der Waals surface area contributed by atoms with Crippen molar-refractivity contribution in [2.24, 2.45) is 0 Å². The van der Waals surface area contributed by atoms with Crippen LogP contribution >= 0.6 is 15.9 Å². The number of aliphatic hydroxyl groups is 1. The summed E-state index contributed by atoms with van der Waals surface area (Å²) in [5, 5.41) is 12.8. The van der Waals surface area contributed by atoms with Gasteiger partial charge in [0.2, 0.25) is 0 Å². The molecule has 18 heavy (non-hydrogen) atoms. The first-order valence-corrected chi connectivity index (χ1v) is 7.12. The number of aryl methyl sites for hydroxylation is 1. The largest absolute Gasteiger partial charge is 0.391 e. The van der Waals surface area contributed by atoms with Crippen molar-refractivity contribution in [2.75, 3.05) is 0 Å². The van der Waals surface area contributed by atoms with Crippen LogP contribution < -0.4 is 5.32 Å². The molecule has 2 N–H and O–H groups in total. The van der Waals surface area contributed by atoms with Gasteiger partial charge in [-0.2, -0.15) is 0 Å². The van der Waals surface area contributed by atoms with E-state index in [0.29, 0.717) is 5.56 Å². The molecule has 0 radical (unpaired) electrons. The van der Waals surface area contributed by atoms with Crippen molar-refractivity contribution in [3.05, 3.63) is 33.8 Å². The fourth-order valence-corrected chi connectivity index (χ4v) is 2.77. The molecule has 1 amide bonds. The second-order valence-electron chi connectivity index (χ2n) is 4.92. The third-order valence-electron chi connectivity index (χ3n) is 3.41. The van der Waals surface area contributed by atoms with Gasteiger partial charge in [0.25, 0.3) is 5.91 Å². The van der Waals surface area contributed by atoms with Gasteiger partial charge < -0.3 is 10.4 Å². The summed E-state index contributed by atoms with van der Waals surface area (Å²) in [6, 6.07) is 5.57. The zero-order chi connectivity index (χ0) is 13.1. The fraction of sp³-hybridized carbons (Fsp3) is 0.500. The molecular weight excluding hydrogens is 294 g/mol. The van der Waals surface area contributed by atoms with Gasteiger partial charge in [0.15, 0.2) is 0 Å². The Morgan fingerprint density at radius 2 is 2.11 bits per heavy atom. The minimum Gasteiger partial charge on any atom is -0.391 e. The first-order valence-electron chi connectivity index (χ1n) is 6.33. The van der Waals surface area contributed by atoms with Crippen molar-refractivity contribution in [3.8, 4) is 0 Å². The van der Waals surface area contributed by atoms with Crippen LogP contribution in [0.5, 0.6) is 0 Å². The molecule has 2 rings (SSSR count). The number of amides is 1. The SMILES string of the molecule is Cc1ccc(Br)c(C(=O)N[C@@H]2CCCC[C@H]2O)c1. The summed E-state index contributed by atoms with van der Waals surface area (Å²) in [4.78, 5) is 12.2. The average molecular weight is 312 g/mol. The molecule has 1 aromatic carbocycles. The molecule has 4 heteroatoms. The van der Waals surface area contributed by atoms with Crippen LogP contribution in [-0.2, 0) is 0 Å². The second-order valence-corrected chi connectivity index (χ2v) is 5.77. The van der Waals surface area contributed by atoms with E-state index in [2.05, 4.69) is 21.2 Å². The number of carbonyl (C=O) groups excluding carboxylic acids is 1. The first-order chi connectivity index (χ1) is 8.58. The molecule has 0 aliphatic heterocycles. The van der Waals surface area contributed by atoms with E-state index in [1.54, 1.807) is 0 Å². The van der Waals surface area contributed by atoms with E-state index in [0.717, 1.165) is 35.7 Å². The van der Waals surface area contributed by atoms with Crippen LogP contribution in [0.15, 0.2) is 22.7 Å². The Hall–Kier alpha value is -0.870. The van der Waals surface area contributed by atoms with E-state index in [9.17, 15) is 9.90 Å². The normalized spacial score (nSPS) is 23.7. The third-order valence-corrected chi connectivity index (χ3v) is 4.10. The van der Waals surface area contributed by atoms with Crippen LogP contribution in [0.4, 0.5) is 0 Å². The van der Waals surface area contributed by atoms with Crippen molar-refractivity contribution < 1.29 is 9.90 Å². The summed E-state index contributed by atoms with van der Waals surface area (Å²) < 4.78 is 0.788. The lowest BCUT2D eigenvalue weighted by molar-refractivity contribution is 0.0716. The van der Waals surface area contributed by atoms with Crippen molar-refractivity contribution in [3.63, 3.8) is 0 Å². The van der Waals surface area contributed by atoms with Crippen LogP contribution in [0.2, 0.25) is 0 Å². The Kier molecular flexibility index (Phi) is 4.40. The maximum absolute atomic E-state index is 12.2. The summed E-state index contributed by atoms with van der Waals surface area (Å²) in [6.45, 7) is 1.96. The molecule has 1 aliphatic rings. The molecule has 1 fully saturated rings. The van der Waals surface area contributed by atoms with Gasteiger partial charge in [-0.15, -0.1) is 0 Å². The average Bonchev–Trinajstić information content (AvgIpc) is 2.35. The molecule has 1 saturated carbocycles. The molecule has 0 aromatic heterocycles. The highest BCUT2D eigenvalue weighted by Gasteiger charge is 2.25. The van der Waals surface area contributed by atoms with Gasteiger partial charge in [-0.1, -0.05) is 24.5 Å². The van der Waals surface area contributed by atoms with Gasteiger partial charge >= 0.3 is 0 Å². The van der Waals surface area contributed by atoms with Crippen molar-refractivity contribution in [2.45, 2.75) is 44.8 Å². The van der Waals surface area contributed by atoms with E-state index < -0.39 is 6.10 Å². The van der Waals surface area contributed by atoms with E-state index in [1.165, 1.54) is 0 Å². The predicted octanol–water partition coefficient (Wildman–Crippen LogP) is 2.79. The zero-order valence-corrected chi connectivity index (χ0v) is 12.0. The lowest BCUT2D eigenvalue weighted by Crippen LogP contribution is -2.45. The molecule has 0 saturated heterocycles. The summed E-state index contributed by atoms with van der Waals surface area (Å²) >= 11 is 3.39. The Morgan fingerprint density at radius 1 is 1.39 bits per heavy atom. The zero-order valence-electron chi connectivity index (χ0n) is 10.4. The van der Waals surface area contributed by atoms with Gasteiger partial charge in [0.1, 0.15) is 0 Å². The number of hydrogen-bond donors (Lipinski definition) is 2. The minimum absolute atomic E-state index is 0.112. The highest BCUT2D eigenvalue weighted by Crippen LogP contribution is 2.21. The van der Waals surface area contributed by atoms with E-state index in [1.807, 2.05) is 25.1 Å². The number of carbonyl (C=O) groups is 1. The number of benzene rings is 1. The maximum Gasteiger partial charge on any atom is 0.252 e. The molecule has 0 unspecified atom stereocenters. The summed E-state index contributed by atoms with van der Waals surface area (Å²) in [7, 11) is 0. The topological polar surface area (TPSA) is 49.3 Å². The molecular formula is C14H18BrNO2. The van der Waals surface area contributed by atoms with Crippen molar-refractivity contribution in [1.29, 1.82) is 0 Å². The van der Waals surface area contributed by atoms with Gasteiger partial charge in [-0.3, -0.25) is 4.79 Å². The van der Waals surface area contributed by atoms with Gasteiger partial charge in [-0.05, 0) is 47.8 Å². The quantitative estimate of drug-likeness (QED) is 0.882. The lowest BCUT2D eigenvalue weighted by Gasteiger charge is -2.28. The Morgan fingerprint density at radius 3 is 2.83 bits per heavy atom. The fourth-order valence-electron chi connectivity index (χ4n) is 2.34. The standard InChI is InChI=1S/C14H18BrNO2/c1-9-6-7-11(15)10(8-9)14(18)16-12-4-2-3-5-13(12)17/h6-8,12-13,17H,2-5H2,1H3,(H,16,18)/t12-,13-/m1/s1. The van der Waals surface area contributed by atoms with Crippen LogP contribution in [0.25, 0.3) is 0 Å². The molecule has 0 bridgehead atoms. The maximum atomic E-state index is 12.2. The summed E-state index contributed by atoms with van der Waals surface area (Å²) in [5.74, 6) is -0.114. The highest BCUT2D eigenvalue weighted by atomic mass is 79.9. The third kappa shape index (κ3) is 3.12. The van der Waals surface area contributed by atoms with Gasteiger partial charge in [0.05, 0.1) is 17.7 Å². The lowest BCUT2D eigenvalue weighted by atomic mass is 9.92. The summed E-state index contributed by atoms with van der Waals surface area (Å²) in [6.07, 6.45) is 3.33. The Labute approximate surface area is 116 Å².